The quantitative estimate of drug-likeness (QED) is 0.608. The van der Waals surface area contributed by atoms with E-state index in [4.69, 9.17) is 10.5 Å². The van der Waals surface area contributed by atoms with Gasteiger partial charge in [-0.25, -0.2) is 4.99 Å². The molecule has 2 aromatic carbocycles. The Hall–Kier alpha value is -2.27. The highest BCUT2D eigenvalue weighted by molar-refractivity contribution is 9.10. The first-order valence-corrected chi connectivity index (χ1v) is 11.0. The maximum absolute atomic E-state index is 13.3. The van der Waals surface area contributed by atoms with Crippen LogP contribution in [0, 0.1) is 0 Å². The van der Waals surface area contributed by atoms with Gasteiger partial charge in [0.15, 0.2) is 11.5 Å². The van der Waals surface area contributed by atoms with E-state index in [1.54, 1.807) is 49.5 Å². The molecule has 1 aliphatic heterocycles. The molecular formula is C19H20BrN3O5S. The third-order valence-corrected chi connectivity index (χ3v) is 6.02. The van der Waals surface area contributed by atoms with Crippen LogP contribution in [0.2, 0.25) is 0 Å². The van der Waals surface area contributed by atoms with Gasteiger partial charge in [0.25, 0.3) is 16.0 Å². The lowest BCUT2D eigenvalue weighted by Crippen LogP contribution is -2.41. The summed E-state index contributed by atoms with van der Waals surface area (Å²) in [6.07, 6.45) is -0.917. The maximum atomic E-state index is 13.3. The highest BCUT2D eigenvalue weighted by atomic mass is 79.9. The molecule has 0 aromatic heterocycles. The summed E-state index contributed by atoms with van der Waals surface area (Å²) in [6, 6.07) is 13.9. The number of ether oxygens (including phenoxy) is 1. The highest BCUT2D eigenvalue weighted by Crippen LogP contribution is 2.40. The fourth-order valence-corrected chi connectivity index (χ4v) is 4.46. The number of benzene rings is 2. The number of methoxy groups -OCH3 is 1. The van der Waals surface area contributed by atoms with Crippen LogP contribution in [-0.2, 0) is 25.2 Å². The molecule has 2 unspecified atom stereocenters. The Morgan fingerprint density at radius 1 is 1.24 bits per heavy atom. The van der Waals surface area contributed by atoms with Gasteiger partial charge in [-0.05, 0) is 34.9 Å². The summed E-state index contributed by atoms with van der Waals surface area (Å²) in [6.45, 7) is 0. The number of hydrogen-bond acceptors (Lipinski definition) is 6. The number of aliphatic imine (C=N–C) groups is 1. The fraction of sp³-hybridized carbons (Fsp3) is 0.263. The SMILES string of the molecule is COC(CS(=O)(=O)O)c1cccc(C2(c3cccc(Br)c3)N=C(N)N(C)C2=O)c1. The van der Waals surface area contributed by atoms with Gasteiger partial charge in [0, 0.05) is 18.6 Å². The molecule has 3 rings (SSSR count). The number of amides is 1. The normalized spacial score (nSPS) is 20.6. The van der Waals surface area contributed by atoms with Crippen LogP contribution < -0.4 is 5.73 Å². The van der Waals surface area contributed by atoms with E-state index in [0.29, 0.717) is 16.7 Å². The number of nitrogens with two attached hydrogens (primary N) is 1. The van der Waals surface area contributed by atoms with Gasteiger partial charge in [0.05, 0.1) is 6.10 Å². The van der Waals surface area contributed by atoms with Crippen LogP contribution in [0.25, 0.3) is 0 Å². The van der Waals surface area contributed by atoms with Crippen molar-refractivity contribution in [3.05, 3.63) is 69.7 Å². The predicted molar refractivity (Wildman–Crippen MR) is 112 cm³/mol. The zero-order valence-corrected chi connectivity index (χ0v) is 18.1. The van der Waals surface area contributed by atoms with Crippen LogP contribution >= 0.6 is 15.9 Å². The van der Waals surface area contributed by atoms with E-state index in [0.717, 1.165) is 4.47 Å². The second kappa shape index (κ2) is 7.86. The van der Waals surface area contributed by atoms with Crippen molar-refractivity contribution >= 4 is 37.9 Å². The van der Waals surface area contributed by atoms with Crippen molar-refractivity contribution in [2.24, 2.45) is 10.7 Å². The van der Waals surface area contributed by atoms with E-state index in [1.165, 1.54) is 12.0 Å². The summed E-state index contributed by atoms with van der Waals surface area (Å²) in [7, 11) is -1.38. The molecule has 1 amide bonds. The molecule has 154 valence electrons. The van der Waals surface area contributed by atoms with Crippen LogP contribution in [0.5, 0.6) is 0 Å². The lowest BCUT2D eigenvalue weighted by atomic mass is 9.82. The number of halogens is 1. The summed E-state index contributed by atoms with van der Waals surface area (Å²) in [5.74, 6) is -0.883. The summed E-state index contributed by atoms with van der Waals surface area (Å²) in [5.41, 5.74) is 6.13. The molecule has 10 heteroatoms. The van der Waals surface area contributed by atoms with E-state index < -0.39 is 27.5 Å². The van der Waals surface area contributed by atoms with Crippen molar-refractivity contribution in [3.63, 3.8) is 0 Å². The topological polar surface area (TPSA) is 122 Å². The molecule has 3 N–H and O–H groups in total. The standard InChI is InChI=1S/C19H20BrN3O5S/c1-23-17(24)19(22-18(23)21,14-7-4-8-15(20)10-14)13-6-3-5-12(9-13)16(28-2)11-29(25,26)27/h3-10,16H,11H2,1-2H3,(H2,21,22)(H,25,26,27). The summed E-state index contributed by atoms with van der Waals surface area (Å²) in [4.78, 5) is 19.1. The van der Waals surface area contributed by atoms with Crippen LogP contribution in [0.3, 0.4) is 0 Å². The van der Waals surface area contributed by atoms with Gasteiger partial charge in [0.1, 0.15) is 5.75 Å². The van der Waals surface area contributed by atoms with Crippen molar-refractivity contribution in [2.45, 2.75) is 11.6 Å². The maximum Gasteiger partial charge on any atom is 0.267 e. The van der Waals surface area contributed by atoms with Crippen LogP contribution in [0.1, 0.15) is 22.8 Å². The van der Waals surface area contributed by atoms with Crippen LogP contribution in [-0.4, -0.2) is 49.6 Å². The van der Waals surface area contributed by atoms with Gasteiger partial charge in [-0.2, -0.15) is 8.42 Å². The molecule has 0 saturated heterocycles. The van der Waals surface area contributed by atoms with Gasteiger partial charge < -0.3 is 10.5 Å². The molecule has 8 nitrogen and oxygen atoms in total. The number of hydrogen-bond donors (Lipinski definition) is 2. The van der Waals surface area contributed by atoms with Crippen molar-refractivity contribution in [1.82, 2.24) is 4.90 Å². The largest absolute Gasteiger partial charge is 0.376 e. The summed E-state index contributed by atoms with van der Waals surface area (Å²) in [5, 5.41) is 0. The molecule has 1 aliphatic rings. The molecular weight excluding hydrogens is 462 g/mol. The van der Waals surface area contributed by atoms with E-state index in [9.17, 15) is 17.8 Å². The van der Waals surface area contributed by atoms with E-state index in [2.05, 4.69) is 20.9 Å². The molecule has 0 spiro atoms. The van der Waals surface area contributed by atoms with Gasteiger partial charge in [0.2, 0.25) is 0 Å². The lowest BCUT2D eigenvalue weighted by Gasteiger charge is -2.27. The molecule has 0 saturated carbocycles. The first-order chi connectivity index (χ1) is 13.6. The first kappa shape index (κ1) is 21.4. The summed E-state index contributed by atoms with van der Waals surface area (Å²) >= 11 is 3.42. The molecule has 29 heavy (non-hydrogen) atoms. The Balaban J connectivity index is 2.20. The minimum absolute atomic E-state index is 0.0709. The minimum Gasteiger partial charge on any atom is -0.376 e. The second-order valence-electron chi connectivity index (χ2n) is 6.65. The Labute approximate surface area is 177 Å². The average molecular weight is 482 g/mol. The molecule has 0 radical (unpaired) electrons. The first-order valence-electron chi connectivity index (χ1n) is 8.56. The van der Waals surface area contributed by atoms with Crippen LogP contribution in [0.4, 0.5) is 0 Å². The third-order valence-electron chi connectivity index (χ3n) is 4.81. The smallest absolute Gasteiger partial charge is 0.267 e. The Bertz CT molecular complexity index is 1090. The zero-order chi connectivity index (χ0) is 21.4. The van der Waals surface area contributed by atoms with Crippen molar-refractivity contribution < 1.29 is 22.5 Å². The van der Waals surface area contributed by atoms with Crippen molar-refractivity contribution in [2.75, 3.05) is 19.9 Å². The van der Waals surface area contributed by atoms with Crippen molar-refractivity contribution in [1.29, 1.82) is 0 Å². The minimum atomic E-state index is -4.27. The van der Waals surface area contributed by atoms with Gasteiger partial charge >= 0.3 is 0 Å². The average Bonchev–Trinajstić information content (AvgIpc) is 2.90. The number of carbonyl (C=O) groups excluding carboxylic acids is 1. The monoisotopic (exact) mass is 481 g/mol. The molecule has 0 aliphatic carbocycles. The number of nitrogens with zero attached hydrogens (tertiary/aromatic N) is 2. The zero-order valence-electron chi connectivity index (χ0n) is 15.7. The van der Waals surface area contributed by atoms with Gasteiger partial charge in [-0.1, -0.05) is 46.3 Å². The van der Waals surface area contributed by atoms with E-state index in [-0.39, 0.29) is 11.9 Å². The second-order valence-corrected chi connectivity index (χ2v) is 9.07. The number of likely N-dealkylation sites (N-methyl/N-ethyl adjacent to an activating group) is 1. The fourth-order valence-electron chi connectivity index (χ4n) is 3.35. The Morgan fingerprint density at radius 3 is 2.38 bits per heavy atom. The molecule has 0 bridgehead atoms. The predicted octanol–water partition coefficient (Wildman–Crippen LogP) is 2.05. The Morgan fingerprint density at radius 2 is 1.86 bits per heavy atom. The van der Waals surface area contributed by atoms with Crippen LogP contribution in [0.15, 0.2) is 58.0 Å². The molecule has 2 atom stereocenters. The molecule has 1 heterocycles. The van der Waals surface area contributed by atoms with E-state index in [1.807, 2.05) is 6.07 Å². The van der Waals surface area contributed by atoms with E-state index >= 15 is 0 Å². The molecule has 0 fully saturated rings. The molecule has 2 aromatic rings. The summed E-state index contributed by atoms with van der Waals surface area (Å²) < 4.78 is 37.9. The van der Waals surface area contributed by atoms with Crippen molar-refractivity contribution in [3.8, 4) is 0 Å². The van der Waals surface area contributed by atoms with Gasteiger partial charge in [-0.15, -0.1) is 0 Å². The lowest BCUT2D eigenvalue weighted by molar-refractivity contribution is -0.129. The number of guanidine groups is 1. The number of carbonyl (C=O) groups is 1. The highest BCUT2D eigenvalue weighted by Gasteiger charge is 2.49. The van der Waals surface area contributed by atoms with Gasteiger partial charge in [-0.3, -0.25) is 14.2 Å². The Kier molecular flexibility index (Phi) is 5.81. The number of rotatable bonds is 6. The third kappa shape index (κ3) is 4.06.